The highest BCUT2D eigenvalue weighted by Crippen LogP contribution is 2.23. The molecule has 18 heavy (non-hydrogen) atoms. The minimum atomic E-state index is -0.0975. The summed E-state index contributed by atoms with van der Waals surface area (Å²) in [6, 6.07) is 5.29. The molecular formula is C13H17BrN2O2. The van der Waals surface area contributed by atoms with Crippen molar-refractivity contribution in [3.63, 3.8) is 0 Å². The SMILES string of the molecule is Nc1cccc(C(=O)NCC2CCCOC2)c1Br. The first-order valence-electron chi connectivity index (χ1n) is 6.08. The standard InChI is InChI=1S/C13H17BrN2O2/c14-12-10(4-1-5-11(12)15)13(17)16-7-9-3-2-6-18-8-9/h1,4-5,9H,2-3,6-8,15H2,(H,16,17). The van der Waals surface area contributed by atoms with Gasteiger partial charge in [-0.3, -0.25) is 4.79 Å². The predicted octanol–water partition coefficient (Wildman–Crippen LogP) is 2.19. The van der Waals surface area contributed by atoms with Gasteiger partial charge in [0.2, 0.25) is 0 Å². The minimum absolute atomic E-state index is 0.0975. The molecule has 5 heteroatoms. The van der Waals surface area contributed by atoms with E-state index in [0.717, 1.165) is 26.1 Å². The largest absolute Gasteiger partial charge is 0.398 e. The summed E-state index contributed by atoms with van der Waals surface area (Å²) < 4.78 is 6.04. The third-order valence-electron chi connectivity index (χ3n) is 3.08. The highest BCUT2D eigenvalue weighted by atomic mass is 79.9. The summed E-state index contributed by atoms with van der Waals surface area (Å²) >= 11 is 3.34. The summed E-state index contributed by atoms with van der Waals surface area (Å²) in [7, 11) is 0. The van der Waals surface area contributed by atoms with Gasteiger partial charge in [0.05, 0.1) is 16.6 Å². The zero-order chi connectivity index (χ0) is 13.0. The average molecular weight is 313 g/mol. The van der Waals surface area contributed by atoms with Crippen LogP contribution >= 0.6 is 15.9 Å². The molecule has 1 aliphatic heterocycles. The van der Waals surface area contributed by atoms with Crippen molar-refractivity contribution in [2.24, 2.45) is 5.92 Å². The minimum Gasteiger partial charge on any atom is -0.398 e. The summed E-state index contributed by atoms with van der Waals surface area (Å²) in [5, 5.41) is 2.93. The first-order valence-corrected chi connectivity index (χ1v) is 6.87. The lowest BCUT2D eigenvalue weighted by Gasteiger charge is -2.22. The van der Waals surface area contributed by atoms with Gasteiger partial charge >= 0.3 is 0 Å². The number of anilines is 1. The number of hydrogen-bond donors (Lipinski definition) is 2. The van der Waals surface area contributed by atoms with Gasteiger partial charge in [-0.1, -0.05) is 6.07 Å². The van der Waals surface area contributed by atoms with Gasteiger partial charge in [-0.05, 0) is 46.8 Å². The Morgan fingerprint density at radius 1 is 1.56 bits per heavy atom. The van der Waals surface area contributed by atoms with Crippen LogP contribution in [-0.4, -0.2) is 25.7 Å². The Morgan fingerprint density at radius 2 is 2.39 bits per heavy atom. The zero-order valence-corrected chi connectivity index (χ0v) is 11.7. The van der Waals surface area contributed by atoms with Crippen molar-refractivity contribution in [2.75, 3.05) is 25.5 Å². The Hall–Kier alpha value is -1.07. The summed E-state index contributed by atoms with van der Waals surface area (Å²) in [5.41, 5.74) is 6.90. The average Bonchev–Trinajstić information content (AvgIpc) is 2.40. The highest BCUT2D eigenvalue weighted by molar-refractivity contribution is 9.10. The maximum atomic E-state index is 12.0. The first kappa shape index (κ1) is 13.4. The lowest BCUT2D eigenvalue weighted by Crippen LogP contribution is -2.33. The van der Waals surface area contributed by atoms with Gasteiger partial charge in [-0.25, -0.2) is 0 Å². The van der Waals surface area contributed by atoms with Gasteiger partial charge in [-0.15, -0.1) is 0 Å². The van der Waals surface area contributed by atoms with Crippen LogP contribution in [0.1, 0.15) is 23.2 Å². The van der Waals surface area contributed by atoms with Crippen LogP contribution < -0.4 is 11.1 Å². The molecule has 4 nitrogen and oxygen atoms in total. The molecular weight excluding hydrogens is 296 g/mol. The lowest BCUT2D eigenvalue weighted by atomic mass is 10.0. The zero-order valence-electron chi connectivity index (χ0n) is 10.1. The number of halogens is 1. The van der Waals surface area contributed by atoms with Crippen molar-refractivity contribution in [1.82, 2.24) is 5.32 Å². The van der Waals surface area contributed by atoms with Crippen LogP contribution in [-0.2, 0) is 4.74 Å². The Morgan fingerprint density at radius 3 is 3.11 bits per heavy atom. The summed E-state index contributed by atoms with van der Waals surface area (Å²) in [5.74, 6) is 0.322. The Balaban J connectivity index is 1.93. The monoisotopic (exact) mass is 312 g/mol. The van der Waals surface area contributed by atoms with E-state index in [4.69, 9.17) is 10.5 Å². The number of carbonyl (C=O) groups is 1. The molecule has 98 valence electrons. The molecule has 2 rings (SSSR count). The molecule has 0 saturated carbocycles. The number of amides is 1. The third kappa shape index (κ3) is 3.23. The predicted molar refractivity (Wildman–Crippen MR) is 74.4 cm³/mol. The molecule has 0 aromatic heterocycles. The molecule has 1 fully saturated rings. The van der Waals surface area contributed by atoms with Crippen molar-refractivity contribution < 1.29 is 9.53 Å². The summed E-state index contributed by atoms with van der Waals surface area (Å²) in [4.78, 5) is 12.0. The molecule has 0 aliphatic carbocycles. The van der Waals surface area contributed by atoms with E-state index >= 15 is 0 Å². The second-order valence-electron chi connectivity index (χ2n) is 4.50. The van der Waals surface area contributed by atoms with Crippen molar-refractivity contribution in [3.8, 4) is 0 Å². The molecule has 3 N–H and O–H groups in total. The number of hydrogen-bond acceptors (Lipinski definition) is 3. The molecule has 1 aromatic carbocycles. The van der Waals surface area contributed by atoms with E-state index in [0.29, 0.717) is 28.2 Å². The molecule has 1 saturated heterocycles. The summed E-state index contributed by atoms with van der Waals surface area (Å²) in [6.07, 6.45) is 2.18. The molecule has 0 bridgehead atoms. The van der Waals surface area contributed by atoms with Crippen molar-refractivity contribution in [1.29, 1.82) is 0 Å². The van der Waals surface area contributed by atoms with Gasteiger partial charge < -0.3 is 15.8 Å². The molecule has 1 amide bonds. The smallest absolute Gasteiger partial charge is 0.252 e. The number of nitrogens with one attached hydrogen (secondary N) is 1. The fourth-order valence-electron chi connectivity index (χ4n) is 2.03. The second-order valence-corrected chi connectivity index (χ2v) is 5.29. The maximum absolute atomic E-state index is 12.0. The third-order valence-corrected chi connectivity index (χ3v) is 3.96. The molecule has 0 radical (unpaired) electrons. The van der Waals surface area contributed by atoms with Crippen molar-refractivity contribution in [3.05, 3.63) is 28.2 Å². The van der Waals surface area contributed by atoms with Crippen LogP contribution in [0.4, 0.5) is 5.69 Å². The van der Waals surface area contributed by atoms with Crippen molar-refractivity contribution in [2.45, 2.75) is 12.8 Å². The summed E-state index contributed by atoms with van der Waals surface area (Å²) in [6.45, 7) is 2.23. The van der Waals surface area contributed by atoms with E-state index in [-0.39, 0.29) is 5.91 Å². The number of ether oxygens (including phenoxy) is 1. The Labute approximate surface area is 115 Å². The van der Waals surface area contributed by atoms with Crippen LogP contribution in [0.2, 0.25) is 0 Å². The molecule has 1 unspecified atom stereocenters. The molecule has 1 aromatic rings. The van der Waals surface area contributed by atoms with Gasteiger partial charge in [0.25, 0.3) is 5.91 Å². The van der Waals surface area contributed by atoms with Crippen molar-refractivity contribution >= 4 is 27.5 Å². The van der Waals surface area contributed by atoms with Gasteiger partial charge in [0, 0.05) is 18.8 Å². The van der Waals surface area contributed by atoms with E-state index in [1.165, 1.54) is 0 Å². The van der Waals surface area contributed by atoms with E-state index in [2.05, 4.69) is 21.2 Å². The van der Waals surface area contributed by atoms with Gasteiger partial charge in [0.1, 0.15) is 0 Å². The number of benzene rings is 1. The van der Waals surface area contributed by atoms with Crippen LogP contribution in [0.25, 0.3) is 0 Å². The topological polar surface area (TPSA) is 64.4 Å². The Bertz CT molecular complexity index is 431. The van der Waals surface area contributed by atoms with Crippen LogP contribution in [0.15, 0.2) is 22.7 Å². The van der Waals surface area contributed by atoms with Crippen LogP contribution in [0, 0.1) is 5.92 Å². The van der Waals surface area contributed by atoms with Gasteiger partial charge in [0.15, 0.2) is 0 Å². The van der Waals surface area contributed by atoms with Crippen LogP contribution in [0.3, 0.4) is 0 Å². The Kier molecular flexibility index (Phi) is 4.60. The number of nitrogens with two attached hydrogens (primary N) is 1. The molecule has 1 aliphatic rings. The lowest BCUT2D eigenvalue weighted by molar-refractivity contribution is 0.0536. The second kappa shape index (κ2) is 6.20. The van der Waals surface area contributed by atoms with E-state index < -0.39 is 0 Å². The fourth-order valence-corrected chi connectivity index (χ4v) is 2.47. The van der Waals surface area contributed by atoms with E-state index in [1.807, 2.05) is 0 Å². The highest BCUT2D eigenvalue weighted by Gasteiger charge is 2.16. The van der Waals surface area contributed by atoms with E-state index in [9.17, 15) is 4.79 Å². The first-order chi connectivity index (χ1) is 8.68. The molecule has 0 spiro atoms. The van der Waals surface area contributed by atoms with Gasteiger partial charge in [-0.2, -0.15) is 0 Å². The number of carbonyl (C=O) groups excluding carboxylic acids is 1. The van der Waals surface area contributed by atoms with E-state index in [1.54, 1.807) is 18.2 Å². The number of nitrogen functional groups attached to an aromatic ring is 1. The normalized spacial score (nSPS) is 19.5. The fraction of sp³-hybridized carbons (Fsp3) is 0.462. The molecule has 1 atom stereocenters. The molecule has 1 heterocycles. The van der Waals surface area contributed by atoms with Crippen LogP contribution in [0.5, 0.6) is 0 Å². The number of rotatable bonds is 3. The maximum Gasteiger partial charge on any atom is 0.252 e. The quantitative estimate of drug-likeness (QED) is 0.841.